The summed E-state index contributed by atoms with van der Waals surface area (Å²) in [5, 5.41) is 16.0. The highest BCUT2D eigenvalue weighted by atomic mass is 32.2. The van der Waals surface area contributed by atoms with Gasteiger partial charge in [0.2, 0.25) is 0 Å². The van der Waals surface area contributed by atoms with Crippen molar-refractivity contribution in [1.82, 2.24) is 19.7 Å². The number of hydrogen-bond donors (Lipinski definition) is 3. The summed E-state index contributed by atoms with van der Waals surface area (Å²) in [6.07, 6.45) is 0. The summed E-state index contributed by atoms with van der Waals surface area (Å²) >= 11 is 1.24. The van der Waals surface area contributed by atoms with Gasteiger partial charge in [0.05, 0.1) is 5.52 Å². The molecule has 0 aliphatic carbocycles. The Labute approximate surface area is 123 Å². The third kappa shape index (κ3) is 2.40. The van der Waals surface area contributed by atoms with Gasteiger partial charge in [-0.1, -0.05) is 18.2 Å². The molecule has 0 amide bonds. The molecule has 0 aliphatic heterocycles. The highest BCUT2D eigenvalue weighted by Crippen LogP contribution is 2.27. The summed E-state index contributed by atoms with van der Waals surface area (Å²) in [5.41, 5.74) is 6.72. The van der Waals surface area contributed by atoms with Crippen molar-refractivity contribution in [3.05, 3.63) is 46.4 Å². The number of nitrogens with one attached hydrogen (secondary N) is 2. The molecule has 8 heteroatoms. The van der Waals surface area contributed by atoms with Crippen LogP contribution < -0.4 is 11.4 Å². The van der Waals surface area contributed by atoms with E-state index < -0.39 is 0 Å². The molecule has 0 aliphatic rings. The first kappa shape index (κ1) is 13.4. The zero-order valence-electron chi connectivity index (χ0n) is 11.1. The Kier molecular flexibility index (Phi) is 3.22. The number of nitrogen functional groups attached to an aromatic ring is 1. The lowest BCUT2D eigenvalue weighted by molar-refractivity contribution is 0.765. The minimum atomic E-state index is -0.287. The number of nitrogens with zero attached hydrogens (tertiary/aromatic N) is 3. The number of aromatic amines is 1. The SMILES string of the molecule is Cn1c(Sc2cc(C(=N)N)c3ccccc3n2)n[nH]c1=O. The number of para-hydroxylation sites is 1. The van der Waals surface area contributed by atoms with E-state index in [1.165, 1.54) is 16.3 Å². The number of amidine groups is 1. The molecular weight excluding hydrogens is 288 g/mol. The molecule has 0 radical (unpaired) electrons. The molecule has 4 N–H and O–H groups in total. The quantitative estimate of drug-likeness (QED) is 0.495. The van der Waals surface area contributed by atoms with Crippen LogP contribution in [0.2, 0.25) is 0 Å². The largest absolute Gasteiger partial charge is 0.384 e. The topological polar surface area (TPSA) is 113 Å². The minimum Gasteiger partial charge on any atom is -0.384 e. The van der Waals surface area contributed by atoms with E-state index in [2.05, 4.69) is 15.2 Å². The van der Waals surface area contributed by atoms with Gasteiger partial charge in [0.1, 0.15) is 10.9 Å². The van der Waals surface area contributed by atoms with Crippen LogP contribution in [0.4, 0.5) is 0 Å². The Bertz CT molecular complexity index is 897. The van der Waals surface area contributed by atoms with Crippen LogP contribution in [0.25, 0.3) is 10.9 Å². The first-order valence-electron chi connectivity index (χ1n) is 6.09. The molecule has 1 aromatic carbocycles. The highest BCUT2D eigenvalue weighted by Gasteiger charge is 2.12. The third-order valence-electron chi connectivity index (χ3n) is 3.02. The van der Waals surface area contributed by atoms with Crippen LogP contribution in [0.3, 0.4) is 0 Å². The number of H-pyrrole nitrogens is 1. The fourth-order valence-corrected chi connectivity index (χ4v) is 2.76. The van der Waals surface area contributed by atoms with Crippen molar-refractivity contribution < 1.29 is 0 Å². The maximum Gasteiger partial charge on any atom is 0.343 e. The first-order valence-corrected chi connectivity index (χ1v) is 6.91. The summed E-state index contributed by atoms with van der Waals surface area (Å²) in [5.74, 6) is -0.0219. The number of hydrogen-bond acceptors (Lipinski definition) is 5. The molecule has 0 saturated heterocycles. The van der Waals surface area contributed by atoms with Crippen LogP contribution >= 0.6 is 11.8 Å². The summed E-state index contributed by atoms with van der Waals surface area (Å²) < 4.78 is 1.40. The second kappa shape index (κ2) is 5.06. The average Bonchev–Trinajstić information content (AvgIpc) is 2.78. The predicted molar refractivity (Wildman–Crippen MR) is 80.7 cm³/mol. The molecule has 21 heavy (non-hydrogen) atoms. The molecule has 2 aromatic heterocycles. The third-order valence-corrected chi connectivity index (χ3v) is 3.98. The number of fused-ring (bicyclic) bond motifs is 1. The molecule has 0 bridgehead atoms. The van der Waals surface area contributed by atoms with E-state index >= 15 is 0 Å². The maximum atomic E-state index is 11.4. The van der Waals surface area contributed by atoms with Gasteiger partial charge in [0.25, 0.3) is 0 Å². The second-order valence-corrected chi connectivity index (χ2v) is 5.40. The summed E-state index contributed by atoms with van der Waals surface area (Å²) in [4.78, 5) is 15.9. The molecule has 106 valence electrons. The van der Waals surface area contributed by atoms with Gasteiger partial charge >= 0.3 is 5.69 Å². The standard InChI is InChI=1S/C13H12N6OS/c1-19-12(20)17-18-13(19)21-10-6-8(11(14)15)7-4-2-3-5-9(7)16-10/h2-6H,1H3,(H3,14,15)(H,17,20). The van der Waals surface area contributed by atoms with Gasteiger partial charge in [-0.05, 0) is 23.9 Å². The van der Waals surface area contributed by atoms with Gasteiger partial charge in [0, 0.05) is 18.0 Å². The Morgan fingerprint density at radius 1 is 1.43 bits per heavy atom. The Balaban J connectivity index is 2.13. The van der Waals surface area contributed by atoms with Crippen LogP contribution in [-0.4, -0.2) is 25.6 Å². The smallest absolute Gasteiger partial charge is 0.343 e. The molecule has 0 atom stereocenters. The van der Waals surface area contributed by atoms with E-state index in [0.29, 0.717) is 15.7 Å². The average molecular weight is 300 g/mol. The van der Waals surface area contributed by atoms with Crippen molar-refractivity contribution in [1.29, 1.82) is 5.41 Å². The summed E-state index contributed by atoms with van der Waals surface area (Å²) in [6.45, 7) is 0. The Morgan fingerprint density at radius 3 is 2.86 bits per heavy atom. The predicted octanol–water partition coefficient (Wildman–Crippen LogP) is 1.09. The molecular formula is C13H12N6OS. The van der Waals surface area contributed by atoms with E-state index in [-0.39, 0.29) is 11.5 Å². The molecule has 3 rings (SSSR count). The molecule has 0 fully saturated rings. The van der Waals surface area contributed by atoms with Crippen molar-refractivity contribution in [2.45, 2.75) is 10.2 Å². The minimum absolute atomic E-state index is 0.0219. The monoisotopic (exact) mass is 300 g/mol. The van der Waals surface area contributed by atoms with E-state index in [0.717, 1.165) is 10.9 Å². The molecule has 2 heterocycles. The summed E-state index contributed by atoms with van der Waals surface area (Å²) in [6, 6.07) is 9.21. The zero-order chi connectivity index (χ0) is 15.0. The summed E-state index contributed by atoms with van der Waals surface area (Å²) in [7, 11) is 1.63. The number of rotatable bonds is 3. The van der Waals surface area contributed by atoms with Crippen molar-refractivity contribution in [2.75, 3.05) is 0 Å². The van der Waals surface area contributed by atoms with Gasteiger partial charge in [-0.15, -0.1) is 5.10 Å². The van der Waals surface area contributed by atoms with Crippen LogP contribution in [0.1, 0.15) is 5.56 Å². The lowest BCUT2D eigenvalue weighted by Gasteiger charge is -2.07. The Morgan fingerprint density at radius 2 is 2.19 bits per heavy atom. The van der Waals surface area contributed by atoms with E-state index in [9.17, 15) is 4.79 Å². The number of aromatic nitrogens is 4. The molecule has 3 aromatic rings. The number of nitrogens with two attached hydrogens (primary N) is 1. The van der Waals surface area contributed by atoms with Crippen LogP contribution in [0, 0.1) is 5.41 Å². The van der Waals surface area contributed by atoms with Crippen LogP contribution in [0.5, 0.6) is 0 Å². The van der Waals surface area contributed by atoms with Gasteiger partial charge in [-0.25, -0.2) is 14.9 Å². The number of pyridine rings is 1. The van der Waals surface area contributed by atoms with Crippen LogP contribution in [0.15, 0.2) is 45.3 Å². The Hall–Kier alpha value is -2.61. The van der Waals surface area contributed by atoms with Gasteiger partial charge < -0.3 is 5.73 Å². The van der Waals surface area contributed by atoms with E-state index in [1.54, 1.807) is 13.1 Å². The molecule has 0 saturated carbocycles. The normalized spacial score (nSPS) is 10.9. The van der Waals surface area contributed by atoms with Crippen molar-refractivity contribution in [3.8, 4) is 0 Å². The van der Waals surface area contributed by atoms with E-state index in [1.807, 2.05) is 24.3 Å². The van der Waals surface area contributed by atoms with Crippen molar-refractivity contribution in [3.63, 3.8) is 0 Å². The fourth-order valence-electron chi connectivity index (χ4n) is 1.94. The fraction of sp³-hybridized carbons (Fsp3) is 0.0769. The van der Waals surface area contributed by atoms with E-state index in [4.69, 9.17) is 11.1 Å². The highest BCUT2D eigenvalue weighted by molar-refractivity contribution is 7.99. The maximum absolute atomic E-state index is 11.4. The lowest BCUT2D eigenvalue weighted by atomic mass is 10.1. The van der Waals surface area contributed by atoms with Gasteiger partial charge in [0.15, 0.2) is 5.16 Å². The second-order valence-electron chi connectivity index (χ2n) is 4.41. The van der Waals surface area contributed by atoms with Crippen LogP contribution in [-0.2, 0) is 7.05 Å². The first-order chi connectivity index (χ1) is 10.1. The zero-order valence-corrected chi connectivity index (χ0v) is 11.9. The van der Waals surface area contributed by atoms with Crippen molar-refractivity contribution >= 4 is 28.5 Å². The molecule has 7 nitrogen and oxygen atoms in total. The number of benzene rings is 1. The van der Waals surface area contributed by atoms with Gasteiger partial charge in [-0.3, -0.25) is 9.98 Å². The molecule has 0 unspecified atom stereocenters. The lowest BCUT2D eigenvalue weighted by Crippen LogP contribution is -2.13. The van der Waals surface area contributed by atoms with Gasteiger partial charge in [-0.2, -0.15) is 0 Å². The molecule has 0 spiro atoms. The van der Waals surface area contributed by atoms with Crippen molar-refractivity contribution in [2.24, 2.45) is 12.8 Å².